The van der Waals surface area contributed by atoms with Gasteiger partial charge in [0.2, 0.25) is 5.91 Å². The fourth-order valence-electron chi connectivity index (χ4n) is 2.93. The molecule has 0 spiro atoms. The van der Waals surface area contributed by atoms with E-state index < -0.39 is 5.82 Å². The second kappa shape index (κ2) is 8.41. The van der Waals surface area contributed by atoms with Gasteiger partial charge in [-0.3, -0.25) is 9.78 Å². The Labute approximate surface area is 151 Å². The number of halogens is 2. The molecule has 0 unspecified atom stereocenters. The number of nitrogens with zero attached hydrogens (tertiary/aromatic N) is 2. The second-order valence-electron chi connectivity index (χ2n) is 6.15. The van der Waals surface area contributed by atoms with Crippen molar-refractivity contribution in [2.24, 2.45) is 0 Å². The lowest BCUT2D eigenvalue weighted by molar-refractivity contribution is -0.134. The molecule has 0 saturated carbocycles. The van der Waals surface area contributed by atoms with Crippen LogP contribution in [0.2, 0.25) is 5.02 Å². The number of ether oxygens (including phenoxy) is 1. The monoisotopic (exact) mass is 362 g/mol. The van der Waals surface area contributed by atoms with E-state index in [4.69, 9.17) is 16.3 Å². The lowest BCUT2D eigenvalue weighted by Gasteiger charge is -2.32. The van der Waals surface area contributed by atoms with Crippen molar-refractivity contribution in [3.05, 3.63) is 64.7 Å². The summed E-state index contributed by atoms with van der Waals surface area (Å²) in [6.45, 7) is 1.71. The zero-order valence-corrected chi connectivity index (χ0v) is 14.6. The van der Waals surface area contributed by atoms with E-state index in [-0.39, 0.29) is 23.5 Å². The third-order valence-electron chi connectivity index (χ3n) is 4.28. The van der Waals surface area contributed by atoms with E-state index >= 15 is 0 Å². The van der Waals surface area contributed by atoms with Gasteiger partial charge in [-0.25, -0.2) is 4.39 Å². The van der Waals surface area contributed by atoms with Crippen molar-refractivity contribution in [3.63, 3.8) is 0 Å². The maximum absolute atomic E-state index is 13.1. The molecule has 0 radical (unpaired) electrons. The molecular weight excluding hydrogens is 343 g/mol. The summed E-state index contributed by atoms with van der Waals surface area (Å²) in [5.41, 5.74) is 1.52. The highest BCUT2D eigenvalue weighted by Gasteiger charge is 2.24. The molecule has 1 aromatic carbocycles. The quantitative estimate of drug-likeness (QED) is 0.815. The zero-order chi connectivity index (χ0) is 17.6. The molecule has 6 heteroatoms. The molecular formula is C19H20ClFN2O2. The van der Waals surface area contributed by atoms with E-state index in [9.17, 15) is 9.18 Å². The second-order valence-corrected chi connectivity index (χ2v) is 6.56. The first kappa shape index (κ1) is 17.8. The highest BCUT2D eigenvalue weighted by Crippen LogP contribution is 2.20. The maximum Gasteiger partial charge on any atom is 0.227 e. The molecule has 1 fully saturated rings. The lowest BCUT2D eigenvalue weighted by atomic mass is 10.1. The van der Waals surface area contributed by atoms with Gasteiger partial charge < -0.3 is 9.64 Å². The Hall–Kier alpha value is -1.98. The average Bonchev–Trinajstić information content (AvgIpc) is 2.63. The summed E-state index contributed by atoms with van der Waals surface area (Å²) in [6.07, 6.45) is 3.74. The summed E-state index contributed by atoms with van der Waals surface area (Å²) in [6, 6.07) is 9.83. The number of benzene rings is 1. The Morgan fingerprint density at radius 2 is 2.24 bits per heavy atom. The standard InChI is InChI=1S/C19H20ClFN2O2/c20-18-11-15(21)7-6-14(18)10-19(24)23-9-3-5-17(12-23)25-13-16-4-1-2-8-22-16/h1-2,4,6-8,11,17H,3,5,9-10,12-13H2/t17-/m0/s1. The summed E-state index contributed by atoms with van der Waals surface area (Å²) < 4.78 is 19.0. The number of piperidine rings is 1. The number of carbonyl (C=O) groups excluding carboxylic acids is 1. The minimum absolute atomic E-state index is 0.00314. The van der Waals surface area contributed by atoms with Gasteiger partial charge in [-0.2, -0.15) is 0 Å². The number of aromatic nitrogens is 1. The molecule has 3 rings (SSSR count). The van der Waals surface area contributed by atoms with E-state index in [1.807, 2.05) is 18.2 Å². The van der Waals surface area contributed by atoms with Gasteiger partial charge in [-0.1, -0.05) is 23.7 Å². The van der Waals surface area contributed by atoms with Crippen LogP contribution in [0.25, 0.3) is 0 Å². The summed E-state index contributed by atoms with van der Waals surface area (Å²) in [4.78, 5) is 18.6. The first-order chi connectivity index (χ1) is 12.1. The van der Waals surface area contributed by atoms with Crippen molar-refractivity contribution >= 4 is 17.5 Å². The lowest BCUT2D eigenvalue weighted by Crippen LogP contribution is -2.43. The van der Waals surface area contributed by atoms with Gasteiger partial charge in [-0.05, 0) is 42.7 Å². The molecule has 1 aliphatic rings. The Bertz CT molecular complexity index is 727. The summed E-state index contributed by atoms with van der Waals surface area (Å²) in [5.74, 6) is -0.415. The fraction of sp³-hybridized carbons (Fsp3) is 0.368. The molecule has 0 N–H and O–H groups in total. The van der Waals surface area contributed by atoms with Crippen LogP contribution >= 0.6 is 11.6 Å². The van der Waals surface area contributed by atoms with Gasteiger partial charge >= 0.3 is 0 Å². The number of likely N-dealkylation sites (tertiary alicyclic amines) is 1. The highest BCUT2D eigenvalue weighted by atomic mass is 35.5. The molecule has 25 heavy (non-hydrogen) atoms. The van der Waals surface area contributed by atoms with Crippen molar-refractivity contribution in [2.75, 3.05) is 13.1 Å². The van der Waals surface area contributed by atoms with E-state index in [2.05, 4.69) is 4.98 Å². The Morgan fingerprint density at radius 3 is 3.00 bits per heavy atom. The largest absolute Gasteiger partial charge is 0.370 e. The fourth-order valence-corrected chi connectivity index (χ4v) is 3.16. The van der Waals surface area contributed by atoms with Crippen LogP contribution in [0.5, 0.6) is 0 Å². The molecule has 0 bridgehead atoms. The molecule has 0 aliphatic carbocycles. The van der Waals surface area contributed by atoms with E-state index in [0.717, 1.165) is 18.5 Å². The number of hydrogen-bond donors (Lipinski definition) is 0. The third-order valence-corrected chi connectivity index (χ3v) is 4.63. The molecule has 2 aromatic rings. The van der Waals surface area contributed by atoms with Crippen molar-refractivity contribution in [2.45, 2.75) is 32.0 Å². The SMILES string of the molecule is O=C(Cc1ccc(F)cc1Cl)N1CCC[C@H](OCc2ccccn2)C1. The molecule has 1 aromatic heterocycles. The van der Waals surface area contributed by atoms with Crippen LogP contribution in [0.3, 0.4) is 0 Å². The Balaban J connectivity index is 1.54. The first-order valence-corrected chi connectivity index (χ1v) is 8.73. The van der Waals surface area contributed by atoms with Gasteiger partial charge in [-0.15, -0.1) is 0 Å². The topological polar surface area (TPSA) is 42.4 Å². The average molecular weight is 363 g/mol. The van der Waals surface area contributed by atoms with Crippen LogP contribution < -0.4 is 0 Å². The highest BCUT2D eigenvalue weighted by molar-refractivity contribution is 6.31. The molecule has 1 aliphatic heterocycles. The van der Waals surface area contributed by atoms with Crippen LogP contribution in [-0.2, 0) is 22.6 Å². The maximum atomic E-state index is 13.1. The predicted molar refractivity (Wildman–Crippen MR) is 93.7 cm³/mol. The normalized spacial score (nSPS) is 17.5. The zero-order valence-electron chi connectivity index (χ0n) is 13.8. The summed E-state index contributed by atoms with van der Waals surface area (Å²) in [5, 5.41) is 0.285. The number of carbonyl (C=O) groups is 1. The number of amides is 1. The third kappa shape index (κ3) is 5.00. The number of rotatable bonds is 5. The van der Waals surface area contributed by atoms with Crippen LogP contribution in [0.15, 0.2) is 42.6 Å². The molecule has 4 nitrogen and oxygen atoms in total. The van der Waals surface area contributed by atoms with Crippen molar-refractivity contribution in [3.8, 4) is 0 Å². The Kier molecular flexibility index (Phi) is 6.00. The molecule has 132 valence electrons. The van der Waals surface area contributed by atoms with Crippen molar-refractivity contribution < 1.29 is 13.9 Å². The summed E-state index contributed by atoms with van der Waals surface area (Å²) in [7, 11) is 0. The van der Waals surface area contributed by atoms with E-state index in [1.165, 1.54) is 12.1 Å². The molecule has 1 saturated heterocycles. The van der Waals surface area contributed by atoms with Gasteiger partial charge in [0, 0.05) is 24.3 Å². The minimum Gasteiger partial charge on any atom is -0.370 e. The molecule has 1 atom stereocenters. The van der Waals surface area contributed by atoms with Crippen LogP contribution in [0.4, 0.5) is 4.39 Å². The number of hydrogen-bond acceptors (Lipinski definition) is 3. The first-order valence-electron chi connectivity index (χ1n) is 8.35. The van der Waals surface area contributed by atoms with Crippen LogP contribution in [0.1, 0.15) is 24.1 Å². The Morgan fingerprint density at radius 1 is 1.36 bits per heavy atom. The van der Waals surface area contributed by atoms with Crippen molar-refractivity contribution in [1.29, 1.82) is 0 Å². The van der Waals surface area contributed by atoms with Gasteiger partial charge in [0.15, 0.2) is 0 Å². The van der Waals surface area contributed by atoms with Crippen molar-refractivity contribution in [1.82, 2.24) is 9.88 Å². The predicted octanol–water partition coefficient (Wildman–Crippen LogP) is 3.62. The smallest absolute Gasteiger partial charge is 0.227 e. The van der Waals surface area contributed by atoms with E-state index in [1.54, 1.807) is 17.2 Å². The molecule has 2 heterocycles. The van der Waals surface area contributed by atoms with Gasteiger partial charge in [0.1, 0.15) is 5.82 Å². The summed E-state index contributed by atoms with van der Waals surface area (Å²) >= 11 is 6.02. The van der Waals surface area contributed by atoms with Gasteiger partial charge in [0.25, 0.3) is 0 Å². The van der Waals surface area contributed by atoms with Crippen LogP contribution in [0, 0.1) is 5.82 Å². The number of pyridine rings is 1. The van der Waals surface area contributed by atoms with Crippen LogP contribution in [-0.4, -0.2) is 35.0 Å². The van der Waals surface area contributed by atoms with Gasteiger partial charge in [0.05, 0.1) is 24.8 Å². The molecule has 1 amide bonds. The minimum atomic E-state index is -0.401. The van der Waals surface area contributed by atoms with E-state index in [0.29, 0.717) is 25.3 Å².